The van der Waals surface area contributed by atoms with Crippen molar-refractivity contribution in [1.82, 2.24) is 10.2 Å². The molecule has 3 aromatic rings. The predicted molar refractivity (Wildman–Crippen MR) is 136 cm³/mol. The van der Waals surface area contributed by atoms with Crippen molar-refractivity contribution in [2.75, 3.05) is 19.7 Å². The first-order chi connectivity index (χ1) is 17.9. The first-order valence-electron chi connectivity index (χ1n) is 11.8. The first-order valence-corrected chi connectivity index (χ1v) is 11.8. The molecule has 0 aromatic heterocycles. The standard InChI is InChI=1S/C28H27N3O6/c29-15-25(32)31(24(27(34)35)14-18-8-2-1-3-9-18)26(33)16-30-28(36)37-17-23-21-12-6-4-10-19(21)20-11-5-7-13-22(20)23/h1-13,23-24H,14-17,29H2,(H,30,36)(H,34,35)/t24-/m0/s1. The number of imide groups is 1. The number of fused-ring (bicyclic) bond motifs is 3. The fourth-order valence-corrected chi connectivity index (χ4v) is 4.59. The maximum absolute atomic E-state index is 12.9. The molecule has 4 rings (SSSR count). The summed E-state index contributed by atoms with van der Waals surface area (Å²) in [6, 6.07) is 22.9. The van der Waals surface area contributed by atoms with Gasteiger partial charge >= 0.3 is 12.1 Å². The van der Waals surface area contributed by atoms with Crippen LogP contribution < -0.4 is 11.1 Å². The van der Waals surface area contributed by atoms with E-state index in [-0.39, 0.29) is 18.9 Å². The quantitative estimate of drug-likeness (QED) is 0.409. The number of aliphatic carboxylic acids is 1. The van der Waals surface area contributed by atoms with Gasteiger partial charge in [-0.3, -0.25) is 14.5 Å². The Labute approximate surface area is 213 Å². The molecular formula is C28H27N3O6. The summed E-state index contributed by atoms with van der Waals surface area (Å²) in [6.07, 6.45) is -0.955. The van der Waals surface area contributed by atoms with Gasteiger partial charge in [-0.25, -0.2) is 9.59 Å². The number of nitrogens with zero attached hydrogens (tertiary/aromatic N) is 1. The Morgan fingerprint density at radius 1 is 0.865 bits per heavy atom. The van der Waals surface area contributed by atoms with Gasteiger partial charge in [0.1, 0.15) is 19.2 Å². The molecule has 0 unspecified atom stereocenters. The Balaban J connectivity index is 1.40. The lowest BCUT2D eigenvalue weighted by Gasteiger charge is -2.27. The van der Waals surface area contributed by atoms with Crippen LogP contribution in [0, 0.1) is 0 Å². The predicted octanol–water partition coefficient (Wildman–Crippen LogP) is 2.53. The van der Waals surface area contributed by atoms with Gasteiger partial charge in [0.05, 0.1) is 6.54 Å². The largest absolute Gasteiger partial charge is 0.480 e. The smallest absolute Gasteiger partial charge is 0.407 e. The molecule has 0 spiro atoms. The highest BCUT2D eigenvalue weighted by molar-refractivity contribution is 6.01. The van der Waals surface area contributed by atoms with Gasteiger partial charge in [0.15, 0.2) is 0 Å². The van der Waals surface area contributed by atoms with Crippen molar-refractivity contribution in [2.45, 2.75) is 18.4 Å². The van der Waals surface area contributed by atoms with Crippen LogP contribution in [-0.2, 0) is 25.5 Å². The van der Waals surface area contributed by atoms with E-state index in [0.29, 0.717) is 10.5 Å². The minimum Gasteiger partial charge on any atom is -0.480 e. The average molecular weight is 502 g/mol. The zero-order valence-corrected chi connectivity index (χ0v) is 20.0. The van der Waals surface area contributed by atoms with Crippen molar-refractivity contribution in [1.29, 1.82) is 0 Å². The van der Waals surface area contributed by atoms with Gasteiger partial charge in [-0.1, -0.05) is 78.9 Å². The van der Waals surface area contributed by atoms with Gasteiger partial charge in [-0.2, -0.15) is 0 Å². The number of alkyl carbamates (subject to hydrolysis) is 1. The molecule has 0 aliphatic heterocycles. The summed E-state index contributed by atoms with van der Waals surface area (Å²) < 4.78 is 5.41. The Kier molecular flexibility index (Phi) is 7.95. The SMILES string of the molecule is NCC(=O)N(C(=O)CNC(=O)OCC1c2ccccc2-c2ccccc21)[C@@H](Cc1ccccc1)C(=O)O. The van der Waals surface area contributed by atoms with Crippen molar-refractivity contribution < 1.29 is 29.0 Å². The van der Waals surface area contributed by atoms with Crippen LogP contribution in [0.2, 0.25) is 0 Å². The molecule has 0 bridgehead atoms. The summed E-state index contributed by atoms with van der Waals surface area (Å²) in [5.74, 6) is -3.28. The van der Waals surface area contributed by atoms with E-state index in [2.05, 4.69) is 5.32 Å². The number of nitrogens with two attached hydrogens (primary N) is 1. The first kappa shape index (κ1) is 25.6. The second-order valence-electron chi connectivity index (χ2n) is 8.58. The van der Waals surface area contributed by atoms with Crippen LogP contribution in [0.4, 0.5) is 4.79 Å². The van der Waals surface area contributed by atoms with E-state index >= 15 is 0 Å². The molecule has 9 nitrogen and oxygen atoms in total. The topological polar surface area (TPSA) is 139 Å². The summed E-state index contributed by atoms with van der Waals surface area (Å²) in [7, 11) is 0. The van der Waals surface area contributed by atoms with Crippen LogP contribution >= 0.6 is 0 Å². The van der Waals surface area contributed by atoms with E-state index in [4.69, 9.17) is 10.5 Å². The molecular weight excluding hydrogens is 474 g/mol. The molecule has 1 atom stereocenters. The van der Waals surface area contributed by atoms with Crippen molar-refractivity contribution >= 4 is 23.9 Å². The van der Waals surface area contributed by atoms with Crippen LogP contribution in [-0.4, -0.2) is 59.6 Å². The molecule has 4 N–H and O–H groups in total. The van der Waals surface area contributed by atoms with E-state index in [1.807, 2.05) is 48.5 Å². The van der Waals surface area contributed by atoms with E-state index < -0.39 is 43.0 Å². The number of rotatable bonds is 9. The lowest BCUT2D eigenvalue weighted by atomic mass is 9.98. The molecule has 3 amide bonds. The molecule has 0 radical (unpaired) electrons. The lowest BCUT2D eigenvalue weighted by Crippen LogP contribution is -2.54. The maximum Gasteiger partial charge on any atom is 0.407 e. The summed E-state index contributed by atoms with van der Waals surface area (Å²) in [5, 5.41) is 12.1. The number of carbonyl (C=O) groups excluding carboxylic acids is 3. The maximum atomic E-state index is 12.9. The molecule has 190 valence electrons. The monoisotopic (exact) mass is 501 g/mol. The summed E-state index contributed by atoms with van der Waals surface area (Å²) in [4.78, 5) is 50.3. The number of carbonyl (C=O) groups is 4. The van der Waals surface area contributed by atoms with Crippen molar-refractivity contribution in [3.63, 3.8) is 0 Å². The Morgan fingerprint density at radius 2 is 1.43 bits per heavy atom. The molecule has 0 heterocycles. The summed E-state index contributed by atoms with van der Waals surface area (Å²) in [5.41, 5.74) is 10.3. The Hall–Kier alpha value is -4.50. The van der Waals surface area contributed by atoms with Gasteiger partial charge in [0.2, 0.25) is 11.8 Å². The van der Waals surface area contributed by atoms with E-state index in [9.17, 15) is 24.3 Å². The molecule has 0 saturated carbocycles. The second-order valence-corrected chi connectivity index (χ2v) is 8.58. The number of amides is 3. The number of benzene rings is 3. The normalized spacial score (nSPS) is 12.7. The van der Waals surface area contributed by atoms with Gasteiger partial charge in [0, 0.05) is 12.3 Å². The fraction of sp³-hybridized carbons (Fsp3) is 0.214. The van der Waals surface area contributed by atoms with E-state index in [1.54, 1.807) is 30.3 Å². The number of ether oxygens (including phenoxy) is 1. The van der Waals surface area contributed by atoms with Crippen LogP contribution in [0.3, 0.4) is 0 Å². The number of hydrogen-bond donors (Lipinski definition) is 3. The Morgan fingerprint density at radius 3 is 2.00 bits per heavy atom. The molecule has 37 heavy (non-hydrogen) atoms. The third kappa shape index (κ3) is 5.68. The minimum absolute atomic E-state index is 0.0469. The van der Waals surface area contributed by atoms with Crippen molar-refractivity contribution in [2.24, 2.45) is 5.73 Å². The van der Waals surface area contributed by atoms with Crippen LogP contribution in [0.25, 0.3) is 11.1 Å². The number of carboxylic acid groups (broad SMARTS) is 1. The zero-order valence-electron chi connectivity index (χ0n) is 20.0. The Bertz CT molecular complexity index is 1260. The summed E-state index contributed by atoms with van der Waals surface area (Å²) >= 11 is 0. The van der Waals surface area contributed by atoms with Gasteiger partial charge in [0.25, 0.3) is 0 Å². The highest BCUT2D eigenvalue weighted by Crippen LogP contribution is 2.44. The lowest BCUT2D eigenvalue weighted by molar-refractivity contribution is -0.157. The zero-order chi connectivity index (χ0) is 26.4. The van der Waals surface area contributed by atoms with Gasteiger partial charge in [-0.05, 0) is 27.8 Å². The number of carboxylic acids is 1. The van der Waals surface area contributed by atoms with E-state index in [1.165, 1.54) is 0 Å². The average Bonchev–Trinajstić information content (AvgIpc) is 3.24. The number of hydrogen-bond acceptors (Lipinski definition) is 6. The third-order valence-corrected chi connectivity index (χ3v) is 6.31. The number of nitrogens with one attached hydrogen (secondary N) is 1. The van der Waals surface area contributed by atoms with Crippen molar-refractivity contribution in [3.05, 3.63) is 95.6 Å². The van der Waals surface area contributed by atoms with E-state index in [0.717, 1.165) is 22.3 Å². The molecule has 3 aromatic carbocycles. The third-order valence-electron chi connectivity index (χ3n) is 6.31. The highest BCUT2D eigenvalue weighted by atomic mass is 16.5. The molecule has 1 aliphatic carbocycles. The van der Waals surface area contributed by atoms with Gasteiger partial charge in [-0.15, -0.1) is 0 Å². The van der Waals surface area contributed by atoms with Crippen LogP contribution in [0.15, 0.2) is 78.9 Å². The molecule has 9 heteroatoms. The fourth-order valence-electron chi connectivity index (χ4n) is 4.59. The van der Waals surface area contributed by atoms with Gasteiger partial charge < -0.3 is 20.9 Å². The van der Waals surface area contributed by atoms with Crippen LogP contribution in [0.5, 0.6) is 0 Å². The molecule has 0 saturated heterocycles. The minimum atomic E-state index is -1.48. The van der Waals surface area contributed by atoms with Crippen molar-refractivity contribution in [3.8, 4) is 11.1 Å². The van der Waals surface area contributed by atoms with Crippen LogP contribution in [0.1, 0.15) is 22.6 Å². The second kappa shape index (κ2) is 11.5. The molecule has 0 fully saturated rings. The highest BCUT2D eigenvalue weighted by Gasteiger charge is 2.34. The molecule has 1 aliphatic rings. The summed E-state index contributed by atoms with van der Waals surface area (Å²) in [6.45, 7) is -1.14.